The first-order chi connectivity index (χ1) is 9.26. The molecule has 0 aliphatic carbocycles. The third-order valence-corrected chi connectivity index (χ3v) is 2.65. The SMILES string of the molecule is CC(C)n1cc(-c2ccc(OC(F)(F)F)c(O)c2)cn1. The number of rotatable bonds is 3. The van der Waals surface area contributed by atoms with Crippen LogP contribution in [0.15, 0.2) is 30.6 Å². The van der Waals surface area contributed by atoms with Crippen molar-refractivity contribution in [1.82, 2.24) is 9.78 Å². The highest BCUT2D eigenvalue weighted by Gasteiger charge is 2.32. The van der Waals surface area contributed by atoms with E-state index in [0.29, 0.717) is 11.1 Å². The molecule has 0 radical (unpaired) electrons. The largest absolute Gasteiger partial charge is 0.573 e. The van der Waals surface area contributed by atoms with Gasteiger partial charge in [-0.25, -0.2) is 0 Å². The summed E-state index contributed by atoms with van der Waals surface area (Å²) < 4.78 is 41.7. The van der Waals surface area contributed by atoms with Crippen molar-refractivity contribution in [3.63, 3.8) is 0 Å². The zero-order valence-electron chi connectivity index (χ0n) is 10.8. The quantitative estimate of drug-likeness (QED) is 0.935. The van der Waals surface area contributed by atoms with E-state index < -0.39 is 17.9 Å². The second-order valence-corrected chi connectivity index (χ2v) is 4.53. The van der Waals surface area contributed by atoms with Crippen molar-refractivity contribution in [3.05, 3.63) is 30.6 Å². The molecule has 4 nitrogen and oxygen atoms in total. The predicted octanol–water partition coefficient (Wildman–Crippen LogP) is 3.74. The Morgan fingerprint density at radius 2 is 1.95 bits per heavy atom. The van der Waals surface area contributed by atoms with Crippen LogP contribution in [0.25, 0.3) is 11.1 Å². The Hall–Kier alpha value is -2.18. The lowest BCUT2D eigenvalue weighted by Gasteiger charge is -2.10. The predicted molar refractivity (Wildman–Crippen MR) is 66.4 cm³/mol. The fourth-order valence-electron chi connectivity index (χ4n) is 1.68. The third kappa shape index (κ3) is 3.23. The van der Waals surface area contributed by atoms with Crippen LogP contribution in [0.3, 0.4) is 0 Å². The molecule has 0 fully saturated rings. The molecular weight excluding hydrogens is 273 g/mol. The Morgan fingerprint density at radius 3 is 2.45 bits per heavy atom. The van der Waals surface area contributed by atoms with Crippen LogP contribution < -0.4 is 4.74 Å². The first-order valence-corrected chi connectivity index (χ1v) is 5.89. The van der Waals surface area contributed by atoms with Gasteiger partial charge in [-0.05, 0) is 31.5 Å². The Kier molecular flexibility index (Phi) is 3.61. The first-order valence-electron chi connectivity index (χ1n) is 5.89. The number of aromatic hydroxyl groups is 1. The van der Waals surface area contributed by atoms with Crippen LogP contribution in [0.2, 0.25) is 0 Å². The minimum atomic E-state index is -4.83. The molecular formula is C13H13F3N2O2. The number of benzene rings is 1. The third-order valence-electron chi connectivity index (χ3n) is 2.65. The van der Waals surface area contributed by atoms with Gasteiger partial charge in [0.15, 0.2) is 11.5 Å². The molecule has 0 amide bonds. The molecule has 0 saturated carbocycles. The van der Waals surface area contributed by atoms with E-state index in [1.807, 2.05) is 13.8 Å². The number of nitrogens with zero attached hydrogens (tertiary/aromatic N) is 2. The summed E-state index contributed by atoms with van der Waals surface area (Å²) in [5.74, 6) is -1.20. The highest BCUT2D eigenvalue weighted by Crippen LogP contribution is 2.34. The van der Waals surface area contributed by atoms with E-state index in [9.17, 15) is 18.3 Å². The molecule has 1 aromatic heterocycles. The summed E-state index contributed by atoms with van der Waals surface area (Å²) >= 11 is 0. The minimum Gasteiger partial charge on any atom is -0.504 e. The molecule has 0 spiro atoms. The van der Waals surface area contributed by atoms with Crippen molar-refractivity contribution in [2.75, 3.05) is 0 Å². The number of hydrogen-bond donors (Lipinski definition) is 1. The molecule has 1 heterocycles. The summed E-state index contributed by atoms with van der Waals surface area (Å²) in [4.78, 5) is 0. The highest BCUT2D eigenvalue weighted by atomic mass is 19.4. The summed E-state index contributed by atoms with van der Waals surface area (Å²) in [5, 5.41) is 13.7. The molecule has 0 aliphatic rings. The normalized spacial score (nSPS) is 11.9. The fourth-order valence-corrected chi connectivity index (χ4v) is 1.68. The second kappa shape index (κ2) is 5.07. The van der Waals surface area contributed by atoms with E-state index in [-0.39, 0.29) is 6.04 Å². The van der Waals surface area contributed by atoms with Crippen molar-refractivity contribution in [2.45, 2.75) is 26.3 Å². The Labute approximate surface area is 113 Å². The summed E-state index contributed by atoms with van der Waals surface area (Å²) in [6.45, 7) is 3.91. The summed E-state index contributed by atoms with van der Waals surface area (Å²) in [5.41, 5.74) is 1.26. The van der Waals surface area contributed by atoms with Gasteiger partial charge in [0, 0.05) is 17.8 Å². The van der Waals surface area contributed by atoms with Crippen LogP contribution >= 0.6 is 0 Å². The van der Waals surface area contributed by atoms with Gasteiger partial charge < -0.3 is 9.84 Å². The zero-order valence-corrected chi connectivity index (χ0v) is 10.8. The van der Waals surface area contributed by atoms with E-state index in [1.165, 1.54) is 12.1 Å². The van der Waals surface area contributed by atoms with Gasteiger partial charge in [0.1, 0.15) is 0 Å². The number of phenols is 1. The minimum absolute atomic E-state index is 0.171. The van der Waals surface area contributed by atoms with Gasteiger partial charge in [0.05, 0.1) is 6.20 Å². The number of ether oxygens (including phenoxy) is 1. The maximum atomic E-state index is 12.1. The lowest BCUT2D eigenvalue weighted by atomic mass is 10.1. The van der Waals surface area contributed by atoms with Crippen LogP contribution in [-0.2, 0) is 0 Å². The van der Waals surface area contributed by atoms with Crippen LogP contribution in [0, 0.1) is 0 Å². The number of hydrogen-bond acceptors (Lipinski definition) is 3. The molecule has 0 bridgehead atoms. The second-order valence-electron chi connectivity index (χ2n) is 4.53. The molecule has 2 rings (SSSR count). The Morgan fingerprint density at radius 1 is 1.25 bits per heavy atom. The zero-order chi connectivity index (χ0) is 14.9. The number of halogens is 3. The maximum Gasteiger partial charge on any atom is 0.573 e. The molecule has 108 valence electrons. The molecule has 2 aromatic rings. The van der Waals surface area contributed by atoms with Crippen molar-refractivity contribution in [3.8, 4) is 22.6 Å². The van der Waals surface area contributed by atoms with Gasteiger partial charge in [0.2, 0.25) is 0 Å². The lowest BCUT2D eigenvalue weighted by Crippen LogP contribution is -2.17. The summed E-state index contributed by atoms with van der Waals surface area (Å²) in [7, 11) is 0. The average molecular weight is 286 g/mol. The van der Waals surface area contributed by atoms with Gasteiger partial charge in [-0.2, -0.15) is 5.10 Å². The first kappa shape index (κ1) is 14.2. The van der Waals surface area contributed by atoms with E-state index in [1.54, 1.807) is 17.1 Å². The number of aromatic nitrogens is 2. The smallest absolute Gasteiger partial charge is 0.504 e. The molecule has 1 aromatic carbocycles. The fraction of sp³-hybridized carbons (Fsp3) is 0.308. The van der Waals surface area contributed by atoms with Gasteiger partial charge in [-0.1, -0.05) is 6.07 Å². The average Bonchev–Trinajstić information content (AvgIpc) is 2.79. The molecule has 0 unspecified atom stereocenters. The summed E-state index contributed by atoms with van der Waals surface area (Å²) in [6.07, 6.45) is -1.50. The van der Waals surface area contributed by atoms with Gasteiger partial charge >= 0.3 is 6.36 Å². The number of alkyl halides is 3. The molecule has 0 aliphatic heterocycles. The molecule has 0 saturated heterocycles. The van der Waals surface area contributed by atoms with Crippen molar-refractivity contribution in [1.29, 1.82) is 0 Å². The van der Waals surface area contributed by atoms with Crippen LogP contribution in [0.1, 0.15) is 19.9 Å². The van der Waals surface area contributed by atoms with E-state index in [4.69, 9.17) is 0 Å². The topological polar surface area (TPSA) is 47.3 Å². The van der Waals surface area contributed by atoms with E-state index in [2.05, 4.69) is 9.84 Å². The van der Waals surface area contributed by atoms with E-state index in [0.717, 1.165) is 6.07 Å². The Balaban J connectivity index is 2.28. The monoisotopic (exact) mass is 286 g/mol. The van der Waals surface area contributed by atoms with Gasteiger partial charge in [-0.3, -0.25) is 4.68 Å². The standard InChI is InChI=1S/C13H13F3N2O2/c1-8(2)18-7-10(6-17-18)9-3-4-12(11(19)5-9)20-13(14,15)16/h3-8,19H,1-2H3. The lowest BCUT2D eigenvalue weighted by molar-refractivity contribution is -0.275. The highest BCUT2D eigenvalue weighted by molar-refractivity contribution is 5.65. The van der Waals surface area contributed by atoms with Crippen LogP contribution in [-0.4, -0.2) is 21.2 Å². The molecule has 0 atom stereocenters. The van der Waals surface area contributed by atoms with Crippen molar-refractivity contribution >= 4 is 0 Å². The Bertz CT molecular complexity index is 606. The molecule has 7 heteroatoms. The van der Waals surface area contributed by atoms with Crippen molar-refractivity contribution in [2.24, 2.45) is 0 Å². The maximum absolute atomic E-state index is 12.1. The van der Waals surface area contributed by atoms with Crippen molar-refractivity contribution < 1.29 is 23.0 Å². The van der Waals surface area contributed by atoms with E-state index >= 15 is 0 Å². The molecule has 1 N–H and O–H groups in total. The molecule has 20 heavy (non-hydrogen) atoms. The summed E-state index contributed by atoms with van der Waals surface area (Å²) in [6, 6.07) is 3.89. The van der Waals surface area contributed by atoms with Crippen LogP contribution in [0.5, 0.6) is 11.5 Å². The number of phenolic OH excluding ortho intramolecular Hbond substituents is 1. The van der Waals surface area contributed by atoms with Gasteiger partial charge in [0.25, 0.3) is 0 Å². The van der Waals surface area contributed by atoms with Crippen LogP contribution in [0.4, 0.5) is 13.2 Å². The van der Waals surface area contributed by atoms with Gasteiger partial charge in [-0.15, -0.1) is 13.2 Å².